The van der Waals surface area contributed by atoms with E-state index in [0.29, 0.717) is 16.7 Å². The second-order valence-electron chi connectivity index (χ2n) is 4.10. The monoisotopic (exact) mass is 332 g/mol. The number of hydrogen-bond acceptors (Lipinski definition) is 6. The molecule has 0 aliphatic carbocycles. The molecule has 0 spiro atoms. The molecule has 3 N–H and O–H groups in total. The van der Waals surface area contributed by atoms with Gasteiger partial charge < -0.3 is 15.8 Å². The Balaban J connectivity index is 2.80. The van der Waals surface area contributed by atoms with Gasteiger partial charge in [-0.15, -0.1) is 0 Å². The van der Waals surface area contributed by atoms with Crippen LogP contribution < -0.4 is 16.6 Å². The van der Waals surface area contributed by atoms with Crippen LogP contribution in [0.25, 0.3) is 0 Å². The number of ether oxygens (including phenoxy) is 1. The van der Waals surface area contributed by atoms with Gasteiger partial charge in [0.2, 0.25) is 0 Å². The van der Waals surface area contributed by atoms with E-state index in [1.54, 1.807) is 0 Å². The van der Waals surface area contributed by atoms with Gasteiger partial charge in [0.05, 0.1) is 19.0 Å². The van der Waals surface area contributed by atoms with Crippen molar-refractivity contribution in [1.29, 1.82) is 0 Å². The third-order valence-electron chi connectivity index (χ3n) is 2.41. The molecule has 1 aromatic rings. The highest BCUT2D eigenvalue weighted by Gasteiger charge is 2.11. The molecule has 0 amide bonds. The molecule has 106 valence electrons. The summed E-state index contributed by atoms with van der Waals surface area (Å²) in [6.07, 6.45) is 2.26. The molecule has 0 bridgehead atoms. The van der Waals surface area contributed by atoms with Gasteiger partial charge in [0, 0.05) is 12.6 Å². The highest BCUT2D eigenvalue weighted by atomic mass is 79.9. The van der Waals surface area contributed by atoms with Gasteiger partial charge in [0.15, 0.2) is 0 Å². The third kappa shape index (κ3) is 4.64. The number of methoxy groups -OCH3 is 1. The topological polar surface area (TPSA) is 99.2 Å². The molecule has 1 aromatic heterocycles. The van der Waals surface area contributed by atoms with E-state index in [-0.39, 0.29) is 12.6 Å². The predicted molar refractivity (Wildman–Crippen MR) is 75.0 cm³/mol. The Hall–Kier alpha value is -1.41. The van der Waals surface area contributed by atoms with Gasteiger partial charge in [-0.1, -0.05) is 0 Å². The number of nitrogens with one attached hydrogen (secondary N) is 1. The molecule has 0 fully saturated rings. The van der Waals surface area contributed by atoms with Crippen LogP contribution in [0.2, 0.25) is 0 Å². The van der Waals surface area contributed by atoms with Gasteiger partial charge in [-0.3, -0.25) is 9.59 Å². The summed E-state index contributed by atoms with van der Waals surface area (Å²) in [5, 5.41) is 6.97. The molecule has 0 saturated carbocycles. The fourth-order valence-electron chi connectivity index (χ4n) is 1.32. The van der Waals surface area contributed by atoms with Crippen LogP contribution in [0.15, 0.2) is 15.5 Å². The van der Waals surface area contributed by atoms with Gasteiger partial charge in [-0.2, -0.15) is 5.10 Å². The summed E-state index contributed by atoms with van der Waals surface area (Å²) in [6, 6.07) is 0.0823. The first-order chi connectivity index (χ1) is 8.95. The fraction of sp³-hybridized carbons (Fsp3) is 0.545. The summed E-state index contributed by atoms with van der Waals surface area (Å²) in [5.41, 5.74) is 5.82. The van der Waals surface area contributed by atoms with E-state index in [2.05, 4.69) is 31.1 Å². The second kappa shape index (κ2) is 7.25. The molecule has 19 heavy (non-hydrogen) atoms. The Morgan fingerprint density at radius 2 is 2.37 bits per heavy atom. The van der Waals surface area contributed by atoms with Crippen molar-refractivity contribution in [3.8, 4) is 0 Å². The quantitative estimate of drug-likeness (QED) is 0.728. The van der Waals surface area contributed by atoms with E-state index in [1.807, 2.05) is 6.92 Å². The lowest BCUT2D eigenvalue weighted by Gasteiger charge is -2.11. The first kappa shape index (κ1) is 15.6. The number of hydrogen-bond donors (Lipinski definition) is 2. The number of anilines is 1. The van der Waals surface area contributed by atoms with Gasteiger partial charge >= 0.3 is 5.97 Å². The maximum Gasteiger partial charge on any atom is 0.327 e. The summed E-state index contributed by atoms with van der Waals surface area (Å²) < 4.78 is 5.85. The van der Waals surface area contributed by atoms with Crippen molar-refractivity contribution in [3.05, 3.63) is 21.0 Å². The number of rotatable bonds is 6. The van der Waals surface area contributed by atoms with Crippen LogP contribution in [0.4, 0.5) is 5.69 Å². The van der Waals surface area contributed by atoms with Crippen molar-refractivity contribution >= 4 is 27.6 Å². The first-order valence-corrected chi connectivity index (χ1v) is 6.57. The average molecular weight is 333 g/mol. The Kier molecular flexibility index (Phi) is 5.97. The van der Waals surface area contributed by atoms with Crippen molar-refractivity contribution < 1.29 is 9.53 Å². The van der Waals surface area contributed by atoms with Gasteiger partial charge in [0.1, 0.15) is 11.0 Å². The van der Waals surface area contributed by atoms with E-state index in [1.165, 1.54) is 13.3 Å². The molecule has 1 heterocycles. The summed E-state index contributed by atoms with van der Waals surface area (Å²) in [4.78, 5) is 23.0. The fourth-order valence-corrected chi connectivity index (χ4v) is 1.77. The zero-order valence-electron chi connectivity index (χ0n) is 10.9. The molecule has 1 unspecified atom stereocenters. The highest BCUT2D eigenvalue weighted by molar-refractivity contribution is 9.10. The standard InChI is InChI=1S/C11H17BrN4O3/c1-7(13)3-4-14-8-5-15-16(6-9(17)19-2)11(18)10(8)12/h5,7,14H,3-4,6,13H2,1-2H3. The van der Waals surface area contributed by atoms with Crippen molar-refractivity contribution in [2.24, 2.45) is 5.73 Å². The molecule has 0 saturated heterocycles. The smallest absolute Gasteiger partial charge is 0.327 e. The van der Waals surface area contributed by atoms with Crippen molar-refractivity contribution in [3.63, 3.8) is 0 Å². The number of nitrogens with two attached hydrogens (primary N) is 1. The van der Waals surface area contributed by atoms with Crippen LogP contribution in [0.3, 0.4) is 0 Å². The van der Waals surface area contributed by atoms with Crippen molar-refractivity contribution in [2.75, 3.05) is 19.0 Å². The molecular weight excluding hydrogens is 316 g/mol. The van der Waals surface area contributed by atoms with Crippen LogP contribution in [0, 0.1) is 0 Å². The summed E-state index contributed by atoms with van der Waals surface area (Å²) >= 11 is 3.19. The molecule has 1 atom stereocenters. The van der Waals surface area contributed by atoms with Gasteiger partial charge in [-0.05, 0) is 29.3 Å². The van der Waals surface area contributed by atoms with Crippen LogP contribution in [0.5, 0.6) is 0 Å². The van der Waals surface area contributed by atoms with E-state index < -0.39 is 11.5 Å². The maximum absolute atomic E-state index is 11.9. The van der Waals surface area contributed by atoms with E-state index >= 15 is 0 Å². The van der Waals surface area contributed by atoms with Gasteiger partial charge in [-0.25, -0.2) is 4.68 Å². The van der Waals surface area contributed by atoms with Crippen molar-refractivity contribution in [2.45, 2.75) is 25.9 Å². The molecule has 0 radical (unpaired) electrons. The number of aromatic nitrogens is 2. The van der Waals surface area contributed by atoms with Crippen LogP contribution in [-0.4, -0.2) is 35.4 Å². The van der Waals surface area contributed by atoms with E-state index in [0.717, 1.165) is 11.1 Å². The zero-order valence-corrected chi connectivity index (χ0v) is 12.4. The SMILES string of the molecule is COC(=O)Cn1ncc(NCCC(C)N)c(Br)c1=O. The van der Waals surface area contributed by atoms with Crippen molar-refractivity contribution in [1.82, 2.24) is 9.78 Å². The van der Waals surface area contributed by atoms with E-state index in [9.17, 15) is 9.59 Å². The molecule has 0 aromatic carbocycles. The van der Waals surface area contributed by atoms with Gasteiger partial charge in [0.25, 0.3) is 5.56 Å². The molecule has 0 aliphatic heterocycles. The highest BCUT2D eigenvalue weighted by Crippen LogP contribution is 2.15. The minimum atomic E-state index is -0.529. The summed E-state index contributed by atoms with van der Waals surface area (Å²) in [5.74, 6) is -0.529. The Morgan fingerprint density at radius 3 is 2.95 bits per heavy atom. The number of carbonyl (C=O) groups excluding carboxylic acids is 1. The zero-order chi connectivity index (χ0) is 14.4. The van der Waals surface area contributed by atoms with Crippen LogP contribution >= 0.6 is 15.9 Å². The lowest BCUT2D eigenvalue weighted by atomic mass is 10.2. The minimum absolute atomic E-state index is 0.0823. The predicted octanol–water partition coefficient (Wildman–Crippen LogP) is 0.328. The Bertz CT molecular complexity index is 501. The lowest BCUT2D eigenvalue weighted by molar-refractivity contribution is -0.141. The Morgan fingerprint density at radius 1 is 1.68 bits per heavy atom. The van der Waals surface area contributed by atoms with E-state index in [4.69, 9.17) is 5.73 Å². The summed E-state index contributed by atoms with van der Waals surface area (Å²) in [6.45, 7) is 2.33. The van der Waals surface area contributed by atoms with Crippen LogP contribution in [-0.2, 0) is 16.1 Å². The molecule has 0 aliphatic rings. The number of halogens is 1. The Labute approximate surface area is 119 Å². The lowest BCUT2D eigenvalue weighted by Crippen LogP contribution is -2.28. The second-order valence-corrected chi connectivity index (χ2v) is 4.90. The largest absolute Gasteiger partial charge is 0.468 e. The molecule has 7 nitrogen and oxygen atoms in total. The molecule has 8 heteroatoms. The number of nitrogens with zero attached hydrogens (tertiary/aromatic N) is 2. The normalized spacial score (nSPS) is 12.0. The molecular formula is C11H17BrN4O3. The average Bonchev–Trinajstić information content (AvgIpc) is 2.37. The number of esters is 1. The molecule has 1 rings (SSSR count). The number of carbonyl (C=O) groups is 1. The van der Waals surface area contributed by atoms with Crippen LogP contribution in [0.1, 0.15) is 13.3 Å². The minimum Gasteiger partial charge on any atom is -0.468 e. The third-order valence-corrected chi connectivity index (χ3v) is 3.17. The summed E-state index contributed by atoms with van der Waals surface area (Å²) in [7, 11) is 1.26. The first-order valence-electron chi connectivity index (χ1n) is 5.77. The maximum atomic E-state index is 11.9.